The number of hydrogen-bond acceptors (Lipinski definition) is 7. The number of hydrogen-bond donors (Lipinski definition) is 0. The molecule has 2 aliphatic heterocycles. The van der Waals surface area contributed by atoms with Crippen molar-refractivity contribution in [1.29, 1.82) is 0 Å². The Labute approximate surface area is 467 Å². The van der Waals surface area contributed by atoms with Gasteiger partial charge in [0.05, 0.1) is 5.52 Å². The Morgan fingerprint density at radius 1 is 0.284 bits per heavy atom. The first-order chi connectivity index (χ1) is 40.1. The van der Waals surface area contributed by atoms with Crippen LogP contribution in [0.5, 0.6) is 11.5 Å². The molecule has 16 rings (SSSR count). The molecule has 3 aromatic heterocycles. The Hall–Kier alpha value is -10.9. The van der Waals surface area contributed by atoms with E-state index in [9.17, 15) is 0 Å². The molecule has 0 atom stereocenters. The quantitative estimate of drug-likeness (QED) is 0.133. The van der Waals surface area contributed by atoms with Crippen molar-refractivity contribution in [3.05, 3.63) is 267 Å². The molecule has 0 saturated carbocycles. The average Bonchev–Trinajstić information content (AvgIpc) is 3.93. The standard InChI is InChI=1S/C72H44BN7O/c1-7-21-45(22-8-1)51-36-38-63-59(41-51)73-60-42-54(72-78-69(49-29-15-5-16-30-49)75-70(79-72)50-31-17-6-18-32-50)40-58-57-39-52(71-76-67(47-25-11-3-12-26-47)74-68(77-71)48-27-13-4-14-28-48)35-37-61(57)80(66(58)60)62-43-53(44-64(81-63)65(62)73)56-34-20-19-33-55(56)46-23-9-2-10-24-46/h1-44H. The van der Waals surface area contributed by atoms with Gasteiger partial charge in [0.15, 0.2) is 34.9 Å². The Morgan fingerprint density at radius 2 is 0.704 bits per heavy atom. The van der Waals surface area contributed by atoms with E-state index in [1.165, 1.54) is 0 Å². The number of ether oxygens (including phenoxy) is 1. The van der Waals surface area contributed by atoms with Crippen molar-refractivity contribution in [1.82, 2.24) is 34.5 Å². The van der Waals surface area contributed by atoms with Crippen LogP contribution in [-0.4, -0.2) is 41.2 Å². The number of benzene rings is 11. The van der Waals surface area contributed by atoms with Crippen LogP contribution < -0.4 is 21.1 Å². The first kappa shape index (κ1) is 46.2. The minimum absolute atomic E-state index is 0.256. The third kappa shape index (κ3) is 7.93. The van der Waals surface area contributed by atoms with Crippen LogP contribution in [0.3, 0.4) is 0 Å². The summed E-state index contributed by atoms with van der Waals surface area (Å²) in [5, 5.41) is 2.06. The third-order valence-corrected chi connectivity index (χ3v) is 15.7. The van der Waals surface area contributed by atoms with E-state index >= 15 is 0 Å². The molecule has 376 valence electrons. The summed E-state index contributed by atoms with van der Waals surface area (Å²) in [6, 6.07) is 93.0. The smallest absolute Gasteiger partial charge is 0.256 e. The highest BCUT2D eigenvalue weighted by Crippen LogP contribution is 2.44. The second-order valence-corrected chi connectivity index (χ2v) is 20.6. The maximum absolute atomic E-state index is 7.27. The first-order valence-corrected chi connectivity index (χ1v) is 27.2. The molecule has 0 amide bonds. The van der Waals surface area contributed by atoms with Gasteiger partial charge < -0.3 is 9.30 Å². The lowest BCUT2D eigenvalue weighted by Crippen LogP contribution is -2.58. The largest absolute Gasteiger partial charge is 0.458 e. The average molecular weight is 1030 g/mol. The van der Waals surface area contributed by atoms with Gasteiger partial charge in [-0.05, 0) is 92.2 Å². The highest BCUT2D eigenvalue weighted by Gasteiger charge is 2.42. The Balaban J connectivity index is 1.01. The summed E-state index contributed by atoms with van der Waals surface area (Å²) in [6.07, 6.45) is 0. The van der Waals surface area contributed by atoms with Gasteiger partial charge in [-0.1, -0.05) is 224 Å². The Morgan fingerprint density at radius 3 is 1.23 bits per heavy atom. The molecule has 0 aliphatic carbocycles. The summed E-state index contributed by atoms with van der Waals surface area (Å²) >= 11 is 0. The highest BCUT2D eigenvalue weighted by atomic mass is 16.5. The van der Waals surface area contributed by atoms with E-state index in [4.69, 9.17) is 34.6 Å². The maximum atomic E-state index is 7.27. The van der Waals surface area contributed by atoms with E-state index in [1.54, 1.807) is 0 Å². The van der Waals surface area contributed by atoms with E-state index in [1.807, 2.05) is 97.1 Å². The van der Waals surface area contributed by atoms with Gasteiger partial charge in [0.1, 0.15) is 11.5 Å². The van der Waals surface area contributed by atoms with Gasteiger partial charge in [0.25, 0.3) is 6.71 Å². The second kappa shape index (κ2) is 18.9. The van der Waals surface area contributed by atoms with Crippen molar-refractivity contribution in [2.24, 2.45) is 0 Å². The summed E-state index contributed by atoms with van der Waals surface area (Å²) < 4.78 is 9.73. The van der Waals surface area contributed by atoms with Gasteiger partial charge >= 0.3 is 0 Å². The molecule has 0 fully saturated rings. The zero-order valence-electron chi connectivity index (χ0n) is 43.5. The second-order valence-electron chi connectivity index (χ2n) is 20.6. The van der Waals surface area contributed by atoms with Gasteiger partial charge in [-0.25, -0.2) is 29.9 Å². The van der Waals surface area contributed by atoms with Crippen LogP contribution in [0.15, 0.2) is 267 Å². The van der Waals surface area contributed by atoms with E-state index in [0.717, 1.165) is 122 Å². The fraction of sp³-hybridized carbons (Fsp3) is 0. The predicted octanol–water partition coefficient (Wildman–Crippen LogP) is 15.1. The van der Waals surface area contributed by atoms with Crippen molar-refractivity contribution >= 4 is 44.9 Å². The van der Waals surface area contributed by atoms with Crippen molar-refractivity contribution < 1.29 is 4.74 Å². The van der Waals surface area contributed by atoms with Crippen LogP contribution in [0, 0.1) is 0 Å². The Kier molecular flexibility index (Phi) is 10.8. The van der Waals surface area contributed by atoms with Crippen LogP contribution in [-0.2, 0) is 0 Å². The van der Waals surface area contributed by atoms with Crippen LogP contribution >= 0.6 is 0 Å². The SMILES string of the molecule is c1ccc(-c2ccc3c(c2)B2c4c(cc(-c5ccccc5-c5ccccc5)cc4-n4c5ccc(-c6nc(-c7ccccc7)nc(-c7ccccc7)n6)cc5c5cc(-c6nc(-c7ccccc7)nc(-c7ccccc7)n6)cc2c54)O3)cc1. The summed E-state index contributed by atoms with van der Waals surface area (Å²) in [4.78, 5) is 31.3. The molecule has 5 heterocycles. The lowest BCUT2D eigenvalue weighted by molar-refractivity contribution is 0.487. The fourth-order valence-electron chi connectivity index (χ4n) is 12.0. The Bertz CT molecular complexity index is 4660. The van der Waals surface area contributed by atoms with Gasteiger partial charge in [-0.2, -0.15) is 0 Å². The molecule has 11 aromatic carbocycles. The first-order valence-electron chi connectivity index (χ1n) is 27.2. The third-order valence-electron chi connectivity index (χ3n) is 15.7. The monoisotopic (exact) mass is 1030 g/mol. The van der Waals surface area contributed by atoms with Gasteiger partial charge in [-0.15, -0.1) is 0 Å². The lowest BCUT2D eigenvalue weighted by atomic mass is 9.34. The molecule has 81 heavy (non-hydrogen) atoms. The van der Waals surface area contributed by atoms with Gasteiger partial charge in [-0.3, -0.25) is 0 Å². The van der Waals surface area contributed by atoms with Crippen molar-refractivity contribution in [2.45, 2.75) is 0 Å². The number of rotatable bonds is 9. The number of nitrogens with zero attached hydrogens (tertiary/aromatic N) is 7. The minimum atomic E-state index is -0.256. The van der Waals surface area contributed by atoms with Gasteiger partial charge in [0.2, 0.25) is 0 Å². The molecule has 9 heteroatoms. The van der Waals surface area contributed by atoms with E-state index in [0.29, 0.717) is 34.9 Å². The normalized spacial score (nSPS) is 12.0. The van der Waals surface area contributed by atoms with E-state index < -0.39 is 0 Å². The zero-order valence-corrected chi connectivity index (χ0v) is 43.5. The molecule has 0 bridgehead atoms. The van der Waals surface area contributed by atoms with Crippen LogP contribution in [0.1, 0.15) is 0 Å². The summed E-state index contributed by atoms with van der Waals surface area (Å²) in [7, 11) is 0. The van der Waals surface area contributed by atoms with E-state index in [-0.39, 0.29) is 6.71 Å². The fourth-order valence-corrected chi connectivity index (χ4v) is 12.0. The summed E-state index contributed by atoms with van der Waals surface area (Å²) in [5.74, 6) is 5.15. The predicted molar refractivity (Wildman–Crippen MR) is 328 cm³/mol. The molecule has 2 aliphatic rings. The van der Waals surface area contributed by atoms with Crippen molar-refractivity contribution in [2.75, 3.05) is 0 Å². The van der Waals surface area contributed by atoms with Crippen LogP contribution in [0.25, 0.3) is 129 Å². The molecule has 0 radical (unpaired) electrons. The van der Waals surface area contributed by atoms with Gasteiger partial charge in [0, 0.05) is 55.4 Å². The highest BCUT2D eigenvalue weighted by molar-refractivity contribution is 6.99. The van der Waals surface area contributed by atoms with E-state index in [2.05, 4.69) is 174 Å². The zero-order chi connectivity index (χ0) is 53.4. The molecule has 8 nitrogen and oxygen atoms in total. The molecule has 0 saturated heterocycles. The van der Waals surface area contributed by atoms with Crippen LogP contribution in [0.2, 0.25) is 0 Å². The lowest BCUT2D eigenvalue weighted by Gasteiger charge is -2.34. The minimum Gasteiger partial charge on any atom is -0.458 e. The molecule has 0 N–H and O–H groups in total. The van der Waals surface area contributed by atoms with Crippen LogP contribution in [0.4, 0.5) is 0 Å². The molecule has 0 spiro atoms. The maximum Gasteiger partial charge on any atom is 0.256 e. The molecule has 0 unspecified atom stereocenters. The van der Waals surface area contributed by atoms with Crippen molar-refractivity contribution in [3.8, 4) is 119 Å². The number of fused-ring (bicyclic) bond motifs is 7. The summed E-state index contributed by atoms with van der Waals surface area (Å²) in [6.45, 7) is -0.256. The van der Waals surface area contributed by atoms with Crippen molar-refractivity contribution in [3.63, 3.8) is 0 Å². The topological polar surface area (TPSA) is 91.5 Å². The molecular weight excluding hydrogens is 990 g/mol. The molecular formula is C72H44BN7O. The molecule has 14 aromatic rings. The number of aromatic nitrogens is 7. The summed E-state index contributed by atoms with van der Waals surface area (Å²) in [5.41, 5.74) is 18.5.